The first-order valence-corrected chi connectivity index (χ1v) is 9.87. The van der Waals surface area contributed by atoms with Crippen molar-refractivity contribution < 1.29 is 9.47 Å². The normalized spacial score (nSPS) is 16.8. The Morgan fingerprint density at radius 1 is 1.04 bits per heavy atom. The van der Waals surface area contributed by atoms with Crippen LogP contribution in [0.3, 0.4) is 0 Å². The van der Waals surface area contributed by atoms with Gasteiger partial charge in [0.05, 0.1) is 24.6 Å². The van der Waals surface area contributed by atoms with Crippen LogP contribution >= 0.6 is 0 Å². The number of piperazine rings is 1. The fraction of sp³-hybridized carbons (Fsp3) is 0.476. The summed E-state index contributed by atoms with van der Waals surface area (Å²) < 4.78 is 10.8. The van der Waals surface area contributed by atoms with Crippen molar-refractivity contribution in [3.05, 3.63) is 47.4 Å². The first-order chi connectivity index (χ1) is 13.8. The summed E-state index contributed by atoms with van der Waals surface area (Å²) >= 11 is 0. The lowest BCUT2D eigenvalue weighted by Gasteiger charge is -2.34. The highest BCUT2D eigenvalue weighted by Crippen LogP contribution is 2.27. The third-order valence-electron chi connectivity index (χ3n) is 5.34. The van der Waals surface area contributed by atoms with Gasteiger partial charge in [-0.1, -0.05) is 13.0 Å². The zero-order valence-electron chi connectivity index (χ0n) is 16.6. The lowest BCUT2D eigenvalue weighted by atomic mass is 10.0. The van der Waals surface area contributed by atoms with Crippen LogP contribution in [0.5, 0.6) is 5.75 Å². The van der Waals surface area contributed by atoms with E-state index < -0.39 is 0 Å². The third kappa shape index (κ3) is 4.00. The van der Waals surface area contributed by atoms with Crippen molar-refractivity contribution in [3.8, 4) is 5.75 Å². The van der Waals surface area contributed by atoms with E-state index in [2.05, 4.69) is 44.9 Å². The summed E-state index contributed by atoms with van der Waals surface area (Å²) in [5, 5.41) is 0. The first kappa shape index (κ1) is 18.8. The van der Waals surface area contributed by atoms with Crippen LogP contribution in [0.15, 0.2) is 35.6 Å². The van der Waals surface area contributed by atoms with Gasteiger partial charge in [-0.05, 0) is 24.2 Å². The van der Waals surface area contributed by atoms with Crippen molar-refractivity contribution >= 4 is 11.5 Å². The summed E-state index contributed by atoms with van der Waals surface area (Å²) in [6.07, 6.45) is 1.65. The van der Waals surface area contributed by atoms with E-state index in [4.69, 9.17) is 14.5 Å². The predicted molar refractivity (Wildman–Crippen MR) is 110 cm³/mol. The largest absolute Gasteiger partial charge is 0.491 e. The number of hydrogen-bond acceptors (Lipinski definition) is 7. The molecule has 1 fully saturated rings. The second-order valence-corrected chi connectivity index (χ2v) is 7.01. The summed E-state index contributed by atoms with van der Waals surface area (Å²) in [5.41, 5.74) is 4.08. The number of aliphatic imine (C=N–C) groups is 1. The number of fused-ring (bicyclic) bond motifs is 1. The van der Waals surface area contributed by atoms with Crippen LogP contribution in [0.1, 0.15) is 23.7 Å². The van der Waals surface area contributed by atoms with Crippen LogP contribution in [0, 0.1) is 0 Å². The Bertz CT molecular complexity index is 846. The minimum Gasteiger partial charge on any atom is -0.491 e. The molecule has 2 aliphatic heterocycles. The average Bonchev–Trinajstić information content (AvgIpc) is 3.17. The molecule has 0 spiro atoms. The van der Waals surface area contributed by atoms with Crippen LogP contribution in [-0.4, -0.2) is 73.6 Å². The molecule has 1 saturated heterocycles. The molecule has 0 unspecified atom stereocenters. The Labute approximate surface area is 166 Å². The van der Waals surface area contributed by atoms with Gasteiger partial charge in [-0.25, -0.2) is 9.97 Å². The van der Waals surface area contributed by atoms with Gasteiger partial charge in [0.25, 0.3) is 0 Å². The molecular weight excluding hydrogens is 354 g/mol. The highest BCUT2D eigenvalue weighted by atomic mass is 16.5. The molecule has 0 saturated carbocycles. The van der Waals surface area contributed by atoms with Crippen LogP contribution in [0.25, 0.3) is 0 Å². The molecule has 0 radical (unpaired) electrons. The smallest absolute Gasteiger partial charge is 0.132 e. The number of rotatable bonds is 7. The summed E-state index contributed by atoms with van der Waals surface area (Å²) in [7, 11) is 1.67. The molecule has 0 N–H and O–H groups in total. The van der Waals surface area contributed by atoms with Crippen LogP contribution in [0.2, 0.25) is 0 Å². The number of anilines is 1. The summed E-state index contributed by atoms with van der Waals surface area (Å²) in [6, 6.07) is 8.19. The maximum absolute atomic E-state index is 5.77. The second-order valence-electron chi connectivity index (χ2n) is 7.01. The minimum absolute atomic E-state index is 0.531. The SMILES string of the molecule is CCN1CCN(c2cc(C3=NCc4ccc(OCCOC)cc43)ncn2)CC1. The van der Waals surface area contributed by atoms with Crippen LogP contribution in [0.4, 0.5) is 5.82 Å². The Morgan fingerprint density at radius 3 is 2.68 bits per heavy atom. The fourth-order valence-electron chi connectivity index (χ4n) is 3.66. The fourth-order valence-corrected chi connectivity index (χ4v) is 3.66. The number of methoxy groups -OCH3 is 1. The number of hydrogen-bond donors (Lipinski definition) is 0. The molecule has 0 aliphatic carbocycles. The maximum Gasteiger partial charge on any atom is 0.132 e. The lowest BCUT2D eigenvalue weighted by molar-refractivity contribution is 0.146. The van der Waals surface area contributed by atoms with Gasteiger partial charge >= 0.3 is 0 Å². The summed E-state index contributed by atoms with van der Waals surface area (Å²) in [5.74, 6) is 1.81. The molecule has 7 heteroatoms. The van der Waals surface area contributed by atoms with E-state index in [-0.39, 0.29) is 0 Å². The topological polar surface area (TPSA) is 63.1 Å². The van der Waals surface area contributed by atoms with E-state index in [1.54, 1.807) is 13.4 Å². The van der Waals surface area contributed by atoms with Gasteiger partial charge in [0, 0.05) is 44.9 Å². The van der Waals surface area contributed by atoms with Crippen molar-refractivity contribution in [2.75, 3.05) is 57.9 Å². The van der Waals surface area contributed by atoms with Gasteiger partial charge in [-0.3, -0.25) is 4.99 Å². The molecule has 2 aromatic rings. The molecule has 2 aliphatic rings. The Balaban J connectivity index is 1.53. The highest BCUT2D eigenvalue weighted by Gasteiger charge is 2.22. The number of aromatic nitrogens is 2. The number of nitrogens with zero attached hydrogens (tertiary/aromatic N) is 5. The molecule has 148 valence electrons. The van der Waals surface area contributed by atoms with Gasteiger partial charge in [-0.2, -0.15) is 0 Å². The molecule has 7 nitrogen and oxygen atoms in total. The molecule has 3 heterocycles. The third-order valence-corrected chi connectivity index (χ3v) is 5.34. The second kappa shape index (κ2) is 8.67. The van der Waals surface area contributed by atoms with Crippen molar-refractivity contribution in [2.45, 2.75) is 13.5 Å². The first-order valence-electron chi connectivity index (χ1n) is 9.87. The molecule has 28 heavy (non-hydrogen) atoms. The lowest BCUT2D eigenvalue weighted by Crippen LogP contribution is -2.46. The summed E-state index contributed by atoms with van der Waals surface area (Å²) in [6.45, 7) is 9.21. The number of ether oxygens (including phenoxy) is 2. The molecule has 0 atom stereocenters. The molecule has 0 amide bonds. The van der Waals surface area contributed by atoms with E-state index in [1.165, 1.54) is 5.56 Å². The Hall–Kier alpha value is -2.51. The van der Waals surface area contributed by atoms with E-state index in [1.807, 2.05) is 6.07 Å². The van der Waals surface area contributed by atoms with E-state index in [0.29, 0.717) is 19.8 Å². The van der Waals surface area contributed by atoms with Gasteiger partial charge in [0.15, 0.2) is 0 Å². The number of likely N-dealkylation sites (N-methyl/N-ethyl adjacent to an activating group) is 1. The van der Waals surface area contributed by atoms with Gasteiger partial charge in [0.2, 0.25) is 0 Å². The van der Waals surface area contributed by atoms with Crippen molar-refractivity contribution in [2.24, 2.45) is 4.99 Å². The Kier molecular flexibility index (Phi) is 5.83. The number of benzene rings is 1. The summed E-state index contributed by atoms with van der Waals surface area (Å²) in [4.78, 5) is 18.6. The van der Waals surface area contributed by atoms with E-state index in [0.717, 1.165) is 61.3 Å². The van der Waals surface area contributed by atoms with Crippen molar-refractivity contribution in [1.82, 2.24) is 14.9 Å². The van der Waals surface area contributed by atoms with E-state index >= 15 is 0 Å². The van der Waals surface area contributed by atoms with Crippen LogP contribution < -0.4 is 9.64 Å². The van der Waals surface area contributed by atoms with Gasteiger partial charge in [0.1, 0.15) is 24.5 Å². The molecule has 1 aromatic carbocycles. The minimum atomic E-state index is 0.531. The van der Waals surface area contributed by atoms with Crippen LogP contribution in [-0.2, 0) is 11.3 Å². The highest BCUT2D eigenvalue weighted by molar-refractivity contribution is 6.14. The maximum atomic E-state index is 5.77. The van der Waals surface area contributed by atoms with Crippen molar-refractivity contribution in [3.63, 3.8) is 0 Å². The predicted octanol–water partition coefficient (Wildman–Crippen LogP) is 1.99. The average molecular weight is 381 g/mol. The Morgan fingerprint density at radius 2 is 1.89 bits per heavy atom. The monoisotopic (exact) mass is 381 g/mol. The molecule has 0 bridgehead atoms. The quantitative estimate of drug-likeness (QED) is 0.684. The zero-order valence-corrected chi connectivity index (χ0v) is 16.6. The van der Waals surface area contributed by atoms with Gasteiger partial charge < -0.3 is 19.3 Å². The zero-order chi connectivity index (χ0) is 19.3. The molecule has 1 aromatic heterocycles. The standard InChI is InChI=1S/C21H27N5O2/c1-3-25-6-8-26(9-7-25)20-13-19(23-15-24-20)21-18-12-17(28-11-10-27-2)5-4-16(18)14-22-21/h4-5,12-13,15H,3,6-11,14H2,1-2H3. The van der Waals surface area contributed by atoms with Crippen molar-refractivity contribution in [1.29, 1.82) is 0 Å². The van der Waals surface area contributed by atoms with Gasteiger partial charge in [-0.15, -0.1) is 0 Å². The molecule has 4 rings (SSSR count). The molecular formula is C21H27N5O2. The van der Waals surface area contributed by atoms with E-state index in [9.17, 15) is 0 Å².